The van der Waals surface area contributed by atoms with E-state index in [9.17, 15) is 19.4 Å². The number of amides is 1. The summed E-state index contributed by atoms with van der Waals surface area (Å²) in [6, 6.07) is -0.837. The van der Waals surface area contributed by atoms with E-state index >= 15 is 0 Å². The second-order valence-corrected chi connectivity index (χ2v) is 17.2. The van der Waals surface area contributed by atoms with Gasteiger partial charge in [0.2, 0.25) is 5.91 Å². The molecule has 0 aromatic rings. The summed E-state index contributed by atoms with van der Waals surface area (Å²) in [5.74, 6) is -0.177. The number of phosphoric ester groups is 1. The van der Waals surface area contributed by atoms with Gasteiger partial charge in [-0.2, -0.15) is 0 Å². The number of carbonyl (C=O) groups excluding carboxylic acids is 1. The van der Waals surface area contributed by atoms with E-state index in [0.717, 1.165) is 38.5 Å². The molecule has 0 aliphatic heterocycles. The fourth-order valence-electron chi connectivity index (χ4n) is 6.10. The maximum atomic E-state index is 12.8. The lowest BCUT2D eigenvalue weighted by Crippen LogP contribution is -2.45. The Morgan fingerprint density at radius 1 is 0.660 bits per heavy atom. The van der Waals surface area contributed by atoms with Gasteiger partial charge < -0.3 is 19.8 Å². The highest BCUT2D eigenvalue weighted by Gasteiger charge is 2.27. The second kappa shape index (κ2) is 34.0. The summed E-state index contributed by atoms with van der Waals surface area (Å²) in [5.41, 5.74) is 0. The van der Waals surface area contributed by atoms with Crippen molar-refractivity contribution >= 4 is 13.7 Å². The molecule has 0 saturated heterocycles. The normalized spacial score (nSPS) is 14.6. The number of phosphoric acid groups is 1. The highest BCUT2D eigenvalue weighted by atomic mass is 31.2. The molecule has 0 rings (SSSR count). The van der Waals surface area contributed by atoms with Gasteiger partial charge in [-0.3, -0.25) is 13.8 Å². The molecule has 0 heterocycles. The SMILES string of the molecule is CCCCCCCCC/C=C/[C@@H](O)[C@H](COP(=O)(O)OCC[N+](C)(C)C)NC(=O)CCCCCCCCCCCCCCCCCCCCC. The number of nitrogens with zero attached hydrogens (tertiary/aromatic N) is 1. The van der Waals surface area contributed by atoms with Gasteiger partial charge in [-0.15, -0.1) is 0 Å². The summed E-state index contributed by atoms with van der Waals surface area (Å²) < 4.78 is 23.4. The second-order valence-electron chi connectivity index (χ2n) is 15.7. The van der Waals surface area contributed by atoms with E-state index in [-0.39, 0.29) is 19.1 Å². The van der Waals surface area contributed by atoms with Gasteiger partial charge in [0.25, 0.3) is 0 Å². The van der Waals surface area contributed by atoms with E-state index in [0.29, 0.717) is 17.4 Å². The van der Waals surface area contributed by atoms with E-state index in [1.807, 2.05) is 27.2 Å². The zero-order chi connectivity index (χ0) is 37.2. The molecule has 1 amide bonds. The maximum Gasteiger partial charge on any atom is 0.472 e. The van der Waals surface area contributed by atoms with Gasteiger partial charge in [0.1, 0.15) is 13.2 Å². The quantitative estimate of drug-likeness (QED) is 0.0253. The van der Waals surface area contributed by atoms with E-state index in [4.69, 9.17) is 9.05 Å². The monoisotopic (exact) mass is 732 g/mol. The third-order valence-corrected chi connectivity index (χ3v) is 10.5. The Labute approximate surface area is 310 Å². The zero-order valence-electron chi connectivity index (χ0n) is 33.7. The van der Waals surface area contributed by atoms with Crippen LogP contribution < -0.4 is 5.32 Å². The average molecular weight is 732 g/mol. The molecule has 0 fully saturated rings. The third-order valence-electron chi connectivity index (χ3n) is 9.51. The Morgan fingerprint density at radius 2 is 1.06 bits per heavy atom. The summed E-state index contributed by atoms with van der Waals surface area (Å²) >= 11 is 0. The van der Waals surface area contributed by atoms with E-state index in [1.165, 1.54) is 135 Å². The van der Waals surface area contributed by atoms with Crippen LogP contribution in [0.1, 0.15) is 194 Å². The van der Waals surface area contributed by atoms with Crippen LogP contribution in [0.3, 0.4) is 0 Å². The van der Waals surface area contributed by atoms with Gasteiger partial charge in [0.15, 0.2) is 0 Å². The largest absolute Gasteiger partial charge is 0.472 e. The smallest absolute Gasteiger partial charge is 0.387 e. The molecule has 0 radical (unpaired) electrons. The lowest BCUT2D eigenvalue weighted by Gasteiger charge is -2.25. The fraction of sp³-hybridized carbons (Fsp3) is 0.927. The first-order valence-corrected chi connectivity index (χ1v) is 22.6. The maximum absolute atomic E-state index is 12.8. The van der Waals surface area contributed by atoms with Crippen LogP contribution in [0.15, 0.2) is 12.2 Å². The number of aliphatic hydroxyl groups excluding tert-OH is 1. The summed E-state index contributed by atoms with van der Waals surface area (Å²) in [6.07, 6.45) is 37.1. The Balaban J connectivity index is 4.29. The number of allylic oxidation sites excluding steroid dienone is 1. The molecular weight excluding hydrogens is 647 g/mol. The Bertz CT molecular complexity index is 834. The molecule has 0 aromatic carbocycles. The van der Waals surface area contributed by atoms with Crippen LogP contribution in [0.25, 0.3) is 0 Å². The topological polar surface area (TPSA) is 105 Å². The number of rotatable bonds is 38. The molecule has 0 bridgehead atoms. The van der Waals surface area contributed by atoms with Gasteiger partial charge in [0.05, 0.1) is 39.9 Å². The van der Waals surface area contributed by atoms with Crippen LogP contribution in [-0.2, 0) is 18.4 Å². The van der Waals surface area contributed by atoms with Crippen molar-refractivity contribution in [1.29, 1.82) is 0 Å². The molecule has 50 heavy (non-hydrogen) atoms. The summed E-state index contributed by atoms with van der Waals surface area (Å²) in [5, 5.41) is 13.7. The number of hydrogen-bond donors (Lipinski definition) is 3. The molecule has 9 heteroatoms. The zero-order valence-corrected chi connectivity index (χ0v) is 34.5. The molecule has 0 aliphatic rings. The molecule has 8 nitrogen and oxygen atoms in total. The van der Waals surface area contributed by atoms with Gasteiger partial charge in [-0.25, -0.2) is 4.57 Å². The van der Waals surface area contributed by atoms with Crippen molar-refractivity contribution in [2.75, 3.05) is 40.9 Å². The number of aliphatic hydroxyl groups is 1. The fourth-order valence-corrected chi connectivity index (χ4v) is 6.84. The van der Waals surface area contributed by atoms with Crippen LogP contribution in [0.5, 0.6) is 0 Å². The van der Waals surface area contributed by atoms with Crippen molar-refractivity contribution in [3.63, 3.8) is 0 Å². The number of carbonyl (C=O) groups is 1. The number of nitrogens with one attached hydrogen (secondary N) is 1. The van der Waals surface area contributed by atoms with E-state index in [2.05, 4.69) is 19.2 Å². The molecule has 3 atom stereocenters. The van der Waals surface area contributed by atoms with Gasteiger partial charge in [0, 0.05) is 6.42 Å². The Morgan fingerprint density at radius 3 is 1.48 bits per heavy atom. The van der Waals surface area contributed by atoms with Crippen LogP contribution in [0.4, 0.5) is 0 Å². The summed E-state index contributed by atoms with van der Waals surface area (Å²) in [6.45, 7) is 4.79. The predicted molar refractivity (Wildman–Crippen MR) is 212 cm³/mol. The molecule has 3 N–H and O–H groups in total. The molecule has 0 spiro atoms. The van der Waals surface area contributed by atoms with Crippen molar-refractivity contribution in [3.05, 3.63) is 12.2 Å². The van der Waals surface area contributed by atoms with Crippen molar-refractivity contribution in [2.45, 2.75) is 206 Å². The lowest BCUT2D eigenvalue weighted by molar-refractivity contribution is -0.870. The minimum absolute atomic E-state index is 0.0641. The molecule has 0 aliphatic carbocycles. The van der Waals surface area contributed by atoms with Gasteiger partial charge in [-0.1, -0.05) is 180 Å². The van der Waals surface area contributed by atoms with Crippen LogP contribution in [0, 0.1) is 0 Å². The van der Waals surface area contributed by atoms with E-state index < -0.39 is 20.0 Å². The van der Waals surface area contributed by atoms with Crippen molar-refractivity contribution in [1.82, 2.24) is 5.32 Å². The van der Waals surface area contributed by atoms with E-state index in [1.54, 1.807) is 6.08 Å². The number of unbranched alkanes of at least 4 members (excludes halogenated alkanes) is 25. The first-order valence-electron chi connectivity index (χ1n) is 21.1. The first kappa shape index (κ1) is 49.2. The van der Waals surface area contributed by atoms with Crippen LogP contribution in [-0.4, -0.2) is 73.4 Å². The first-order chi connectivity index (χ1) is 24.0. The minimum Gasteiger partial charge on any atom is -0.387 e. The highest BCUT2D eigenvalue weighted by molar-refractivity contribution is 7.47. The number of hydrogen-bond acceptors (Lipinski definition) is 5. The summed E-state index contributed by atoms with van der Waals surface area (Å²) in [4.78, 5) is 23.0. The number of quaternary nitrogens is 1. The van der Waals surface area contributed by atoms with Gasteiger partial charge in [-0.05, 0) is 19.3 Å². The standard InChI is InChI=1S/C41H83N2O6P/c1-6-8-10-12-14-16-17-18-19-20-21-22-23-24-25-27-29-31-33-35-41(45)42-39(38-49-50(46,47)48-37-36-43(3,4)5)40(44)34-32-30-28-26-15-13-11-9-7-2/h32,34,39-40,44H,6-31,33,35-38H2,1-5H3,(H-,42,45,46,47)/p+1/b34-32+/t39-,40+/m0/s1. The molecule has 1 unspecified atom stereocenters. The molecule has 0 aromatic heterocycles. The van der Waals surface area contributed by atoms with Crippen molar-refractivity contribution in [2.24, 2.45) is 0 Å². The van der Waals surface area contributed by atoms with Crippen LogP contribution in [0.2, 0.25) is 0 Å². The molecule has 0 saturated carbocycles. The van der Waals surface area contributed by atoms with Crippen molar-refractivity contribution in [3.8, 4) is 0 Å². The highest BCUT2D eigenvalue weighted by Crippen LogP contribution is 2.43. The third kappa shape index (κ3) is 35.6. The predicted octanol–water partition coefficient (Wildman–Crippen LogP) is 11.2. The Kier molecular flexibility index (Phi) is 33.5. The average Bonchev–Trinajstić information content (AvgIpc) is 3.06. The Hall–Kier alpha value is -0.760. The summed E-state index contributed by atoms with van der Waals surface area (Å²) in [7, 11) is 1.58. The van der Waals surface area contributed by atoms with Crippen LogP contribution >= 0.6 is 7.82 Å². The van der Waals surface area contributed by atoms with Gasteiger partial charge >= 0.3 is 7.82 Å². The minimum atomic E-state index is -4.32. The molecular formula is C41H84N2O6P+. The molecule has 298 valence electrons. The van der Waals surface area contributed by atoms with Crippen molar-refractivity contribution < 1.29 is 32.9 Å². The number of likely N-dealkylation sites (N-methyl/N-ethyl adjacent to an activating group) is 1. The lowest BCUT2D eigenvalue weighted by atomic mass is 10.0.